The minimum Gasteiger partial charge on any atom is -0.483 e. The monoisotopic (exact) mass is 566 g/mol. The van der Waals surface area contributed by atoms with Crippen molar-refractivity contribution in [1.29, 1.82) is 0 Å². The molecule has 0 radical (unpaired) electrons. The number of H-pyrrole nitrogens is 1. The van der Waals surface area contributed by atoms with Crippen molar-refractivity contribution in [2.45, 2.75) is 45.8 Å². The largest absolute Gasteiger partial charge is 0.483 e. The Morgan fingerprint density at radius 1 is 1.12 bits per heavy atom. The molecule has 1 fully saturated rings. The van der Waals surface area contributed by atoms with E-state index in [1.54, 1.807) is 18.3 Å². The lowest BCUT2D eigenvalue weighted by Crippen LogP contribution is -2.20. The van der Waals surface area contributed by atoms with Crippen molar-refractivity contribution in [2.24, 2.45) is 11.8 Å². The van der Waals surface area contributed by atoms with Crippen molar-refractivity contribution < 1.29 is 18.0 Å². The zero-order valence-corrected chi connectivity index (χ0v) is 22.3. The fourth-order valence-corrected chi connectivity index (χ4v) is 5.39. The Morgan fingerprint density at radius 2 is 1.95 bits per heavy atom. The minimum atomic E-state index is -0.798. The van der Waals surface area contributed by atoms with E-state index in [9.17, 15) is 13.6 Å². The zero-order chi connectivity index (χ0) is 27.8. The van der Waals surface area contributed by atoms with Crippen molar-refractivity contribution >= 4 is 22.6 Å². The summed E-state index contributed by atoms with van der Waals surface area (Å²) in [5, 5.41) is 4.22. The fraction of sp³-hybridized carbons (Fsp3) is 0.321. The highest BCUT2D eigenvalue weighted by Gasteiger charge is 2.25. The molecule has 6 rings (SSSR count). The number of benzene rings is 1. The molecule has 4 heterocycles. The Bertz CT molecular complexity index is 1740. The van der Waals surface area contributed by atoms with Crippen LogP contribution < -0.4 is 10.5 Å². The lowest BCUT2D eigenvalue weighted by molar-refractivity contribution is 0.248. The molecule has 0 bridgehead atoms. The number of ether oxygens (including phenoxy) is 1. The average molecular weight is 567 g/mol. The Morgan fingerprint density at radius 3 is 2.67 bits per heavy atom. The zero-order valence-electron chi connectivity index (χ0n) is 21.5. The van der Waals surface area contributed by atoms with Crippen LogP contribution in [0.3, 0.4) is 0 Å². The van der Waals surface area contributed by atoms with E-state index in [0.29, 0.717) is 51.7 Å². The number of aromatic nitrogens is 6. The van der Waals surface area contributed by atoms with E-state index in [0.717, 1.165) is 43.3 Å². The van der Waals surface area contributed by atoms with E-state index in [1.807, 2.05) is 0 Å². The molecule has 1 N–H and O–H groups in total. The smallest absolute Gasteiger partial charge is 0.439 e. The lowest BCUT2D eigenvalue weighted by Gasteiger charge is -2.27. The molecule has 0 aliphatic heterocycles. The Balaban J connectivity index is 1.50. The third-order valence-electron chi connectivity index (χ3n) is 7.29. The first-order valence-corrected chi connectivity index (χ1v) is 13.4. The fourth-order valence-electron chi connectivity index (χ4n) is 5.22. The highest BCUT2D eigenvalue weighted by Crippen LogP contribution is 2.35. The van der Waals surface area contributed by atoms with Crippen molar-refractivity contribution in [3.8, 4) is 28.5 Å². The SMILES string of the molecule is C[C@H]1CC[C@H](Cn2c(COc3ccc(F)cc3F)nc3cc(-c4noc(=O)[nH]4)nc(-c4cncc(Cl)c4)c32)CC1. The van der Waals surface area contributed by atoms with E-state index in [4.69, 9.17) is 30.8 Å². The molecular weight excluding hydrogens is 542 g/mol. The summed E-state index contributed by atoms with van der Waals surface area (Å²) in [5.41, 5.74) is 2.78. The van der Waals surface area contributed by atoms with Gasteiger partial charge in [-0.15, -0.1) is 0 Å². The predicted octanol–water partition coefficient (Wildman–Crippen LogP) is 6.17. The van der Waals surface area contributed by atoms with Gasteiger partial charge in [0.1, 0.15) is 23.9 Å². The van der Waals surface area contributed by atoms with Crippen molar-refractivity contribution in [3.63, 3.8) is 0 Å². The molecule has 1 aliphatic carbocycles. The van der Waals surface area contributed by atoms with Crippen LogP contribution in [0.2, 0.25) is 5.02 Å². The quantitative estimate of drug-likeness (QED) is 0.250. The average Bonchev–Trinajstić information content (AvgIpc) is 3.52. The number of nitrogens with zero attached hydrogens (tertiary/aromatic N) is 5. The van der Waals surface area contributed by atoms with Gasteiger partial charge in [-0.3, -0.25) is 14.5 Å². The van der Waals surface area contributed by atoms with Crippen LogP contribution in [0.25, 0.3) is 33.8 Å². The highest BCUT2D eigenvalue weighted by molar-refractivity contribution is 6.30. The van der Waals surface area contributed by atoms with Crippen LogP contribution >= 0.6 is 11.6 Å². The summed E-state index contributed by atoms with van der Waals surface area (Å²) in [4.78, 5) is 28.1. The molecule has 12 heteroatoms. The molecule has 1 aliphatic rings. The summed E-state index contributed by atoms with van der Waals surface area (Å²) in [7, 11) is 0. The second-order valence-corrected chi connectivity index (χ2v) is 10.6. The Labute approximate surface area is 232 Å². The molecule has 40 heavy (non-hydrogen) atoms. The summed E-state index contributed by atoms with van der Waals surface area (Å²) >= 11 is 6.29. The van der Waals surface area contributed by atoms with Gasteiger partial charge in [-0.1, -0.05) is 36.5 Å². The normalized spacial score (nSPS) is 17.4. The van der Waals surface area contributed by atoms with Gasteiger partial charge in [-0.05, 0) is 48.9 Å². The predicted molar refractivity (Wildman–Crippen MR) is 144 cm³/mol. The standard InChI is InChI=1S/C28H25ClF2N6O3/c1-15-2-4-16(5-3-15)13-37-24(14-39-23-7-6-19(30)9-20(23)31)33-21-10-22(27-35-28(38)40-36-27)34-25(26(21)37)17-8-18(29)12-32-11-17/h6-12,15-16H,2-5,13-14H2,1H3,(H,35,36,38)/t15-,16-. The third-order valence-corrected chi connectivity index (χ3v) is 7.50. The maximum Gasteiger partial charge on any atom is 0.439 e. The second kappa shape index (κ2) is 10.8. The number of hydrogen-bond donors (Lipinski definition) is 1. The molecule has 1 saturated carbocycles. The number of nitrogens with one attached hydrogen (secondary N) is 1. The molecule has 0 spiro atoms. The van der Waals surface area contributed by atoms with Gasteiger partial charge in [0.25, 0.3) is 0 Å². The van der Waals surface area contributed by atoms with Gasteiger partial charge in [-0.25, -0.2) is 23.5 Å². The summed E-state index contributed by atoms with van der Waals surface area (Å²) in [6.45, 7) is 2.85. The Kier molecular flexibility index (Phi) is 7.05. The first-order valence-electron chi connectivity index (χ1n) is 13.0. The number of hydrogen-bond acceptors (Lipinski definition) is 7. The molecule has 0 atom stereocenters. The number of aromatic amines is 1. The van der Waals surface area contributed by atoms with Crippen LogP contribution in [0.1, 0.15) is 38.4 Å². The van der Waals surface area contributed by atoms with E-state index in [-0.39, 0.29) is 18.2 Å². The number of halogens is 3. The van der Waals surface area contributed by atoms with Gasteiger partial charge in [0.2, 0.25) is 5.82 Å². The van der Waals surface area contributed by atoms with Gasteiger partial charge in [-0.2, -0.15) is 0 Å². The van der Waals surface area contributed by atoms with Gasteiger partial charge < -0.3 is 9.30 Å². The van der Waals surface area contributed by atoms with Crippen molar-refractivity contribution in [1.82, 2.24) is 29.7 Å². The molecule has 9 nitrogen and oxygen atoms in total. The summed E-state index contributed by atoms with van der Waals surface area (Å²) in [5.74, 6) is -0.512. The minimum absolute atomic E-state index is 0.0658. The second-order valence-electron chi connectivity index (χ2n) is 10.2. The molecule has 0 unspecified atom stereocenters. The van der Waals surface area contributed by atoms with Gasteiger partial charge in [0, 0.05) is 30.6 Å². The van der Waals surface area contributed by atoms with Crippen LogP contribution in [-0.4, -0.2) is 29.7 Å². The molecule has 5 aromatic rings. The highest BCUT2D eigenvalue weighted by atomic mass is 35.5. The van der Waals surface area contributed by atoms with Gasteiger partial charge in [0.15, 0.2) is 11.6 Å². The molecule has 206 valence electrons. The first kappa shape index (κ1) is 26.1. The van der Waals surface area contributed by atoms with Crippen LogP contribution in [0, 0.1) is 23.5 Å². The van der Waals surface area contributed by atoms with Gasteiger partial charge in [0.05, 0.1) is 21.7 Å². The van der Waals surface area contributed by atoms with E-state index in [2.05, 4.69) is 26.6 Å². The van der Waals surface area contributed by atoms with Crippen LogP contribution in [0.4, 0.5) is 8.78 Å². The number of imidazole rings is 1. The van der Waals surface area contributed by atoms with Gasteiger partial charge >= 0.3 is 5.76 Å². The molecule has 1 aromatic carbocycles. The summed E-state index contributed by atoms with van der Waals surface area (Å²) < 4.78 is 40.3. The van der Waals surface area contributed by atoms with E-state index in [1.165, 1.54) is 12.3 Å². The Hall–Kier alpha value is -4.12. The third kappa shape index (κ3) is 5.33. The lowest BCUT2D eigenvalue weighted by atomic mass is 9.83. The topological polar surface area (TPSA) is 112 Å². The van der Waals surface area contributed by atoms with Crippen LogP contribution in [-0.2, 0) is 13.2 Å². The molecule has 0 amide bonds. The summed E-state index contributed by atoms with van der Waals surface area (Å²) in [6, 6.07) is 6.62. The number of rotatable bonds is 7. The maximum atomic E-state index is 14.4. The van der Waals surface area contributed by atoms with Crippen molar-refractivity contribution in [2.75, 3.05) is 0 Å². The number of fused-ring (bicyclic) bond motifs is 1. The van der Waals surface area contributed by atoms with Crippen LogP contribution in [0.5, 0.6) is 5.75 Å². The summed E-state index contributed by atoms with van der Waals surface area (Å²) in [6.07, 6.45) is 7.57. The first-order chi connectivity index (χ1) is 19.3. The molecule has 0 saturated heterocycles. The van der Waals surface area contributed by atoms with E-state index >= 15 is 0 Å². The van der Waals surface area contributed by atoms with Crippen LogP contribution in [0.15, 0.2) is 52.0 Å². The molecular formula is C28H25ClF2N6O3. The molecule has 4 aromatic heterocycles. The maximum absolute atomic E-state index is 14.4. The van der Waals surface area contributed by atoms with Crippen molar-refractivity contribution in [3.05, 3.63) is 75.8 Å². The number of pyridine rings is 2. The van der Waals surface area contributed by atoms with E-state index < -0.39 is 17.4 Å².